The van der Waals surface area contributed by atoms with Crippen molar-refractivity contribution in [2.45, 2.75) is 12.5 Å². The average Bonchev–Trinajstić information content (AvgIpc) is 2.60. The molecule has 2 aliphatic heterocycles. The van der Waals surface area contributed by atoms with E-state index in [0.717, 1.165) is 17.8 Å². The van der Waals surface area contributed by atoms with Crippen molar-refractivity contribution in [2.24, 2.45) is 5.92 Å². The number of benzene rings is 1. The van der Waals surface area contributed by atoms with Crippen LogP contribution in [0.15, 0.2) is 18.2 Å². The van der Waals surface area contributed by atoms with Gasteiger partial charge in [-0.15, -0.1) is 0 Å². The Kier molecular flexibility index (Phi) is 5.19. The van der Waals surface area contributed by atoms with Crippen LogP contribution in [-0.4, -0.2) is 68.7 Å². The topological polar surface area (TPSA) is 88.0 Å². The molecule has 2 atom stereocenters. The Hall–Kier alpha value is -2.19. The van der Waals surface area contributed by atoms with E-state index in [1.54, 1.807) is 12.1 Å². The zero-order valence-electron chi connectivity index (χ0n) is 14.6. The zero-order chi connectivity index (χ0) is 18.0. The molecule has 0 unspecified atom stereocenters. The van der Waals surface area contributed by atoms with Crippen molar-refractivity contribution < 1.29 is 14.5 Å². The monoisotopic (exact) mass is 348 g/mol. The number of ether oxygens (including phenoxy) is 1. The number of amides is 1. The number of carbonyl (C=O) groups is 1. The number of carbonyl (C=O) groups excluding carboxylic acids is 1. The number of hydrogen-bond acceptors (Lipinski definition) is 6. The van der Waals surface area contributed by atoms with Crippen LogP contribution in [-0.2, 0) is 16.0 Å². The molecule has 136 valence electrons. The molecule has 0 saturated carbocycles. The van der Waals surface area contributed by atoms with Crippen LogP contribution in [0.3, 0.4) is 0 Å². The summed E-state index contributed by atoms with van der Waals surface area (Å²) in [6.45, 7) is 3.14. The third-order valence-electron chi connectivity index (χ3n) is 4.85. The molecule has 2 aliphatic rings. The van der Waals surface area contributed by atoms with Gasteiger partial charge in [-0.3, -0.25) is 14.9 Å². The molecule has 1 aromatic carbocycles. The number of nitro benzene ring substituents is 1. The summed E-state index contributed by atoms with van der Waals surface area (Å²) in [5.74, 6) is -0.281. The third kappa shape index (κ3) is 3.74. The van der Waals surface area contributed by atoms with Crippen LogP contribution in [0.5, 0.6) is 0 Å². The third-order valence-corrected chi connectivity index (χ3v) is 4.85. The molecule has 0 radical (unpaired) electrons. The lowest BCUT2D eigenvalue weighted by atomic mass is 9.84. The van der Waals surface area contributed by atoms with Gasteiger partial charge in [-0.1, -0.05) is 0 Å². The van der Waals surface area contributed by atoms with Crippen molar-refractivity contribution in [1.82, 2.24) is 10.2 Å². The summed E-state index contributed by atoms with van der Waals surface area (Å²) in [4.78, 5) is 27.6. The van der Waals surface area contributed by atoms with E-state index < -0.39 is 4.92 Å². The minimum atomic E-state index is -0.391. The largest absolute Gasteiger partial charge is 0.377 e. The lowest BCUT2D eigenvalue weighted by Crippen LogP contribution is -2.57. The highest BCUT2D eigenvalue weighted by atomic mass is 16.6. The van der Waals surface area contributed by atoms with E-state index in [-0.39, 0.29) is 23.6 Å². The highest BCUT2D eigenvalue weighted by Crippen LogP contribution is 2.37. The Bertz CT molecular complexity index is 664. The van der Waals surface area contributed by atoms with Crippen LogP contribution in [0.2, 0.25) is 0 Å². The van der Waals surface area contributed by atoms with Crippen LogP contribution in [0.1, 0.15) is 5.56 Å². The van der Waals surface area contributed by atoms with Gasteiger partial charge in [-0.25, -0.2) is 0 Å². The van der Waals surface area contributed by atoms with Gasteiger partial charge >= 0.3 is 0 Å². The van der Waals surface area contributed by atoms with E-state index in [0.29, 0.717) is 32.7 Å². The minimum absolute atomic E-state index is 0.0143. The molecular formula is C17H24N4O4. The number of non-ortho nitro benzene ring substituents is 1. The lowest BCUT2D eigenvalue weighted by Gasteiger charge is -2.45. The summed E-state index contributed by atoms with van der Waals surface area (Å²) in [5.41, 5.74) is 1.91. The first kappa shape index (κ1) is 17.6. The number of fused-ring (bicyclic) bond motifs is 3. The quantitative estimate of drug-likeness (QED) is 0.621. The predicted octanol–water partition coefficient (Wildman–Crippen LogP) is 0.650. The van der Waals surface area contributed by atoms with E-state index >= 15 is 0 Å². The first-order chi connectivity index (χ1) is 12.0. The van der Waals surface area contributed by atoms with Crippen molar-refractivity contribution in [1.29, 1.82) is 0 Å². The maximum absolute atomic E-state index is 12.7. The fourth-order valence-electron chi connectivity index (χ4n) is 3.56. The fourth-order valence-corrected chi connectivity index (χ4v) is 3.56. The fraction of sp³-hybridized carbons (Fsp3) is 0.588. The van der Waals surface area contributed by atoms with Crippen molar-refractivity contribution in [2.75, 3.05) is 51.8 Å². The SMILES string of the molecule is CN(C)CCNC(=O)[C@H]1Cc2cc([N+](=O)[O-])ccc2N2CCOC[C@@H]12. The van der Waals surface area contributed by atoms with E-state index in [1.165, 1.54) is 6.07 Å². The summed E-state index contributed by atoms with van der Waals surface area (Å²) in [7, 11) is 3.91. The highest BCUT2D eigenvalue weighted by molar-refractivity contribution is 5.82. The molecule has 1 amide bonds. The van der Waals surface area contributed by atoms with Gasteiger partial charge in [0.1, 0.15) is 0 Å². The van der Waals surface area contributed by atoms with Gasteiger partial charge in [0.25, 0.3) is 5.69 Å². The molecule has 1 saturated heterocycles. The molecule has 0 aromatic heterocycles. The molecule has 3 rings (SSSR count). The Balaban J connectivity index is 1.83. The number of nitro groups is 1. The van der Waals surface area contributed by atoms with E-state index in [9.17, 15) is 14.9 Å². The molecule has 2 heterocycles. The van der Waals surface area contributed by atoms with Gasteiger partial charge < -0.3 is 19.9 Å². The Morgan fingerprint density at radius 2 is 2.28 bits per heavy atom. The standard InChI is InChI=1S/C17H24N4O4/c1-19(2)6-5-18-17(22)14-10-12-9-13(21(23)24)3-4-15(12)20-7-8-25-11-16(14)20/h3-4,9,14,16H,5-8,10-11H2,1-2H3,(H,18,22)/t14-,16-/m0/s1. The van der Waals surface area contributed by atoms with Gasteiger partial charge in [0.15, 0.2) is 0 Å². The highest BCUT2D eigenvalue weighted by Gasteiger charge is 2.40. The number of rotatable bonds is 5. The number of anilines is 1. The van der Waals surface area contributed by atoms with Gasteiger partial charge in [0, 0.05) is 37.5 Å². The molecule has 1 aromatic rings. The molecule has 25 heavy (non-hydrogen) atoms. The van der Waals surface area contributed by atoms with Crippen molar-refractivity contribution in [3.8, 4) is 0 Å². The van der Waals surface area contributed by atoms with Crippen LogP contribution < -0.4 is 10.2 Å². The van der Waals surface area contributed by atoms with E-state index in [1.807, 2.05) is 19.0 Å². The molecule has 0 aliphatic carbocycles. The number of morpholine rings is 1. The zero-order valence-corrected chi connectivity index (χ0v) is 14.6. The molecular weight excluding hydrogens is 324 g/mol. The molecule has 1 fully saturated rings. The Labute approximate surface area is 146 Å². The first-order valence-corrected chi connectivity index (χ1v) is 8.51. The van der Waals surface area contributed by atoms with E-state index in [4.69, 9.17) is 4.74 Å². The van der Waals surface area contributed by atoms with Gasteiger partial charge in [0.2, 0.25) is 5.91 Å². The smallest absolute Gasteiger partial charge is 0.269 e. The van der Waals surface area contributed by atoms with Gasteiger partial charge in [-0.2, -0.15) is 0 Å². The average molecular weight is 348 g/mol. The number of hydrogen-bond donors (Lipinski definition) is 1. The second kappa shape index (κ2) is 7.37. The summed E-state index contributed by atoms with van der Waals surface area (Å²) >= 11 is 0. The van der Waals surface area contributed by atoms with Crippen LogP contribution >= 0.6 is 0 Å². The van der Waals surface area contributed by atoms with Crippen molar-refractivity contribution in [3.05, 3.63) is 33.9 Å². The molecule has 8 heteroatoms. The minimum Gasteiger partial charge on any atom is -0.377 e. The second-order valence-corrected chi connectivity index (χ2v) is 6.81. The second-order valence-electron chi connectivity index (χ2n) is 6.81. The Morgan fingerprint density at radius 3 is 3.00 bits per heavy atom. The van der Waals surface area contributed by atoms with Crippen molar-refractivity contribution in [3.63, 3.8) is 0 Å². The molecule has 1 N–H and O–H groups in total. The Morgan fingerprint density at radius 1 is 1.48 bits per heavy atom. The predicted molar refractivity (Wildman–Crippen MR) is 93.8 cm³/mol. The molecule has 0 spiro atoms. The molecule has 0 bridgehead atoms. The van der Waals surface area contributed by atoms with Crippen LogP contribution in [0.4, 0.5) is 11.4 Å². The lowest BCUT2D eigenvalue weighted by molar-refractivity contribution is -0.384. The van der Waals surface area contributed by atoms with Gasteiger partial charge in [-0.05, 0) is 32.1 Å². The van der Waals surface area contributed by atoms with Crippen molar-refractivity contribution >= 4 is 17.3 Å². The maximum atomic E-state index is 12.7. The van der Waals surface area contributed by atoms with Crippen LogP contribution in [0.25, 0.3) is 0 Å². The van der Waals surface area contributed by atoms with E-state index in [2.05, 4.69) is 10.2 Å². The normalized spacial score (nSPS) is 22.3. The summed E-state index contributed by atoms with van der Waals surface area (Å²) in [5, 5.41) is 14.1. The van der Waals surface area contributed by atoms with Gasteiger partial charge in [0.05, 0.1) is 30.1 Å². The summed E-state index contributed by atoms with van der Waals surface area (Å²) < 4.78 is 5.60. The number of nitrogens with zero attached hydrogens (tertiary/aromatic N) is 3. The summed E-state index contributed by atoms with van der Waals surface area (Å²) in [6, 6.07) is 4.90. The maximum Gasteiger partial charge on any atom is 0.269 e. The van der Waals surface area contributed by atoms with Crippen LogP contribution in [0, 0.1) is 16.0 Å². The number of likely N-dealkylation sites (N-methyl/N-ethyl adjacent to an activating group) is 1. The molecule has 8 nitrogen and oxygen atoms in total. The number of nitrogens with one attached hydrogen (secondary N) is 1. The summed E-state index contributed by atoms with van der Waals surface area (Å²) in [6.07, 6.45) is 0.495. The first-order valence-electron chi connectivity index (χ1n) is 8.51.